The van der Waals surface area contributed by atoms with Crippen molar-refractivity contribution in [1.82, 2.24) is 60.6 Å². The molecule has 33 heteroatoms. The van der Waals surface area contributed by atoms with Gasteiger partial charge in [-0.25, -0.2) is 63.1 Å². The number of aromatic nitrogens is 6. The molecule has 7 fully saturated rings. The van der Waals surface area contributed by atoms with E-state index in [0.717, 1.165) is 143 Å². The van der Waals surface area contributed by atoms with Gasteiger partial charge in [-0.3, -0.25) is 14.4 Å². The molecule has 30 nitrogen and oxygen atoms in total. The Labute approximate surface area is 818 Å². The number of benzene rings is 3. The zero-order valence-electron chi connectivity index (χ0n) is 80.4. The van der Waals surface area contributed by atoms with Gasteiger partial charge in [-0.1, -0.05) is 140 Å². The molecule has 20 atom stereocenters. The van der Waals surface area contributed by atoms with Crippen molar-refractivity contribution in [3.8, 4) is 34.9 Å². The molecule has 4 saturated carbocycles. The molecule has 3 aromatic heterocycles. The Kier molecular flexibility index (Phi) is 34.9. The molecule has 0 spiro atoms. The molecule has 9 heterocycles. The second-order valence-corrected chi connectivity index (χ2v) is 41.4. The van der Waals surface area contributed by atoms with Crippen molar-refractivity contribution in [3.05, 3.63) is 71.7 Å². The van der Waals surface area contributed by atoms with Gasteiger partial charge in [-0.05, 0) is 225 Å². The SMILES string of the molecule is CCOc1ccc2nc3c(nc2c1)O[C@H]1CN(C(=O)[C@H](C(C)(C)C)NC(=O)O[C@@H]2CC4CC4[C@H]2CCCCC3)[C@H]([C-]=O)[C@@H]1C.CCOc1ccc2nc3c(nc2c1)O[C@H]1CN(C(=O)[C@H](C(C)(C)C)NC(=O)O[C@]2(C)CCC[C@H]2CCCCC3)[C@H]([C-]=O)[C@@H]1C.CCOc1ccc2nc3c(nc2c1)O[C@H]1CN(C(=O)[C@H](C(C)(C)C)NC(=O)O[C@]2(C)C[C@H]2CCCCC3)[C@H]([C-]=O)[C@@H]1C.[V].[V].[V]. The Morgan fingerprint density at radius 1 is 0.406 bits per heavy atom. The first kappa shape index (κ1) is 105. The summed E-state index contributed by atoms with van der Waals surface area (Å²) in [5.41, 5.74) is 3.54. The molecule has 6 aromatic rings. The van der Waals surface area contributed by atoms with E-state index in [1.54, 1.807) is 0 Å². The van der Waals surface area contributed by atoms with Gasteiger partial charge < -0.3 is 87.7 Å². The van der Waals surface area contributed by atoms with Crippen molar-refractivity contribution in [2.75, 3.05) is 39.5 Å². The predicted octanol–water partition coefficient (Wildman–Crippen LogP) is 15.3. The minimum absolute atomic E-state index is 0. The maximum absolute atomic E-state index is 14.1. The standard InChI is InChI=1S/C34H45N4O6.C34H47N4O6.C32H43N4O6.3V/c1-6-42-21-12-13-24-26(16-21)36-31-25(35-24)11-9-7-8-10-22-23-14-20(23)15-28(22)44-33(41)37-30(34(3,4)5)32(40)38-17-29(43-31)19(2)27(38)18-39;1-7-42-23-15-16-24-26(18-23)36-30-25(35-24)14-10-8-9-12-22-13-11-17-34(22,6)44-32(41)37-29(33(3,4)5)31(40)38-19-28(43-30)21(2)27(38)20-39;1-7-40-21-13-14-22-24(15-21)34-28-23(33-22)12-10-8-9-11-20-16-32(20,6)42-30(39)35-27(31(3,4)5)29(38)36-17-26(41-28)19(2)25(36)18-37;;;/h12-13,16,19-20,22-23,27-30H,6-11,14-15,17H2,1-5H3,(H,37,41);15-16,18,21-22,27-29H,7-14,17,19H2,1-6H3,(H,37,41);13-15,19-20,25-27H,7-12,16-17H2,1-6H3,(H,35,39);;;/q3*-1;;;/t19-,20?,22+,23?,27+,28+,29-,30+;21-,22+,27+,28-,29+,34+;19-,20+,25+,26-,27+,32+;;;/m000.../s1. The first-order valence-electron chi connectivity index (χ1n) is 47.7. The normalized spacial score (nSPS) is 30.5. The number of aryl methyl sites for hydroxylation is 3. The van der Waals surface area contributed by atoms with Crippen LogP contribution in [-0.2, 0) is 118 Å². The molecule has 4 aliphatic carbocycles. The summed E-state index contributed by atoms with van der Waals surface area (Å²) in [7, 11) is 0. The summed E-state index contributed by atoms with van der Waals surface area (Å²) in [4.78, 5) is 153. The first-order chi connectivity index (χ1) is 61.9. The number of hydrogen-bond donors (Lipinski definition) is 3. The quantitative estimate of drug-likeness (QED) is 0.0894. The molecule has 721 valence electrons. The van der Waals surface area contributed by atoms with Crippen LogP contribution in [0.15, 0.2) is 54.6 Å². The van der Waals surface area contributed by atoms with E-state index < -0.39 is 100 Å². The van der Waals surface area contributed by atoms with Gasteiger partial charge in [0.1, 0.15) is 88.1 Å². The Morgan fingerprint density at radius 3 is 1.11 bits per heavy atom. The molecule has 10 aliphatic rings. The number of amides is 6. The Balaban J connectivity index is 0.000000190. The summed E-state index contributed by atoms with van der Waals surface area (Å²) in [6.07, 6.45) is 22.3. The largest absolute Gasteiger partial charge is 0.540 e. The Morgan fingerprint density at radius 2 is 0.752 bits per heavy atom. The second kappa shape index (κ2) is 44.3. The summed E-state index contributed by atoms with van der Waals surface area (Å²) in [5.74, 6) is 3.38. The van der Waals surface area contributed by atoms with E-state index in [1.807, 2.05) is 172 Å². The van der Waals surface area contributed by atoms with Crippen LogP contribution >= 0.6 is 0 Å². The summed E-state index contributed by atoms with van der Waals surface area (Å²) in [6.45, 7) is 34.5. The van der Waals surface area contributed by atoms with Crippen molar-refractivity contribution in [2.45, 2.75) is 324 Å². The number of nitrogens with zero attached hydrogens (tertiary/aromatic N) is 9. The van der Waals surface area contributed by atoms with Crippen LogP contribution in [0, 0.1) is 63.6 Å². The van der Waals surface area contributed by atoms with E-state index in [4.69, 9.17) is 72.5 Å². The van der Waals surface area contributed by atoms with Crippen LogP contribution in [-0.4, -0.2) is 211 Å². The average Bonchev–Trinajstić information content (AvgIpc) is 1.59. The van der Waals surface area contributed by atoms with E-state index >= 15 is 0 Å². The molecule has 3 N–H and O–H groups in total. The fraction of sp³-hybridized carbons (Fsp3) is 0.670. The summed E-state index contributed by atoms with van der Waals surface area (Å²) >= 11 is 0. The number of alkyl carbamates (subject to hydrolysis) is 3. The Hall–Kier alpha value is -8.54. The monoisotopic (exact) mass is 1940 g/mol. The molecule has 6 aliphatic heterocycles. The van der Waals surface area contributed by atoms with E-state index in [0.29, 0.717) is 114 Å². The molecule has 2 unspecified atom stereocenters. The van der Waals surface area contributed by atoms with Crippen LogP contribution in [0.2, 0.25) is 0 Å². The molecular formula is C100H135N12O18V3-3. The van der Waals surface area contributed by atoms with Crippen LogP contribution in [0.25, 0.3) is 33.1 Å². The second-order valence-electron chi connectivity index (χ2n) is 41.4. The van der Waals surface area contributed by atoms with E-state index in [1.165, 1.54) is 21.1 Å². The van der Waals surface area contributed by atoms with E-state index in [-0.39, 0.29) is 123 Å². The molecule has 3 saturated heterocycles. The molecule has 16 rings (SSSR count). The van der Waals surface area contributed by atoms with Crippen molar-refractivity contribution < 1.29 is 141 Å². The number of rotatable bonds is 9. The number of fused-ring (bicyclic) bond motifs is 17. The van der Waals surface area contributed by atoms with Gasteiger partial charge >= 0.3 is 18.3 Å². The number of ether oxygens (including phenoxy) is 9. The van der Waals surface area contributed by atoms with Crippen LogP contribution in [0.3, 0.4) is 0 Å². The van der Waals surface area contributed by atoms with Crippen LogP contribution in [0.5, 0.6) is 34.9 Å². The number of hydrogen-bond acceptors (Lipinski definition) is 24. The molecular weight excluding hydrogens is 1810 g/mol. The maximum atomic E-state index is 14.1. The number of carbonyl (C=O) groups is 6. The van der Waals surface area contributed by atoms with Gasteiger partial charge in [0.15, 0.2) is 0 Å². The zero-order valence-corrected chi connectivity index (χ0v) is 84.6. The minimum Gasteiger partial charge on any atom is -0.540 e. The van der Waals surface area contributed by atoms with Crippen LogP contribution in [0.1, 0.15) is 250 Å². The molecule has 3 radical (unpaired) electrons. The first-order valence-corrected chi connectivity index (χ1v) is 47.7. The molecule has 133 heavy (non-hydrogen) atoms. The maximum Gasteiger partial charge on any atom is 0.408 e. The van der Waals surface area contributed by atoms with Crippen LogP contribution in [0.4, 0.5) is 14.4 Å². The van der Waals surface area contributed by atoms with Gasteiger partial charge in [0.05, 0.1) is 72.6 Å². The summed E-state index contributed by atoms with van der Waals surface area (Å²) < 4.78 is 54.6. The smallest absolute Gasteiger partial charge is 0.408 e. The number of nitrogens with one attached hydrogen (secondary N) is 3. The predicted molar refractivity (Wildman–Crippen MR) is 487 cm³/mol. The van der Waals surface area contributed by atoms with Gasteiger partial charge in [0.2, 0.25) is 35.4 Å². The van der Waals surface area contributed by atoms with Gasteiger partial charge in [-0.15, -0.1) is 0 Å². The van der Waals surface area contributed by atoms with Gasteiger partial charge in [0.25, 0.3) is 0 Å². The van der Waals surface area contributed by atoms with E-state index in [2.05, 4.69) is 34.8 Å². The fourth-order valence-corrected chi connectivity index (χ4v) is 20.8. The van der Waals surface area contributed by atoms with Crippen molar-refractivity contribution in [2.24, 2.45) is 63.6 Å². The van der Waals surface area contributed by atoms with Crippen molar-refractivity contribution >= 4 is 88.0 Å². The fourth-order valence-electron chi connectivity index (χ4n) is 20.8. The Bertz CT molecular complexity index is 5030. The topological polar surface area (TPSA) is 360 Å². The van der Waals surface area contributed by atoms with Gasteiger partial charge in [0, 0.05) is 79.8 Å². The third-order valence-corrected chi connectivity index (χ3v) is 28.7. The minimum atomic E-state index is -0.910. The molecule has 6 bridgehead atoms. The third-order valence-electron chi connectivity index (χ3n) is 28.7. The third kappa shape index (κ3) is 24.4. The average molecular weight is 1950 g/mol. The summed E-state index contributed by atoms with van der Waals surface area (Å²) in [5, 5.41) is 8.60. The molecule has 6 amide bonds. The van der Waals surface area contributed by atoms with Crippen molar-refractivity contribution in [1.29, 1.82) is 0 Å². The van der Waals surface area contributed by atoms with E-state index in [9.17, 15) is 43.2 Å². The number of carbonyl (C=O) groups excluding carboxylic acids is 9. The van der Waals surface area contributed by atoms with Crippen molar-refractivity contribution in [3.63, 3.8) is 0 Å². The van der Waals surface area contributed by atoms with Gasteiger partial charge in [-0.2, -0.15) is 0 Å². The zero-order chi connectivity index (χ0) is 93.1. The van der Waals surface area contributed by atoms with Crippen LogP contribution < -0.4 is 44.4 Å². The molecule has 3 aromatic carbocycles. The summed E-state index contributed by atoms with van der Waals surface area (Å²) in [6, 6.07) is 11.8.